The Labute approximate surface area is 283 Å². The molecule has 1 aliphatic heterocycles. The lowest BCUT2D eigenvalue weighted by atomic mass is 9.96. The molecule has 0 aliphatic carbocycles. The lowest BCUT2D eigenvalue weighted by Crippen LogP contribution is -2.57. The number of aromatic nitrogens is 3. The molecule has 0 unspecified atom stereocenters. The van der Waals surface area contributed by atoms with E-state index in [-0.39, 0.29) is 41.9 Å². The van der Waals surface area contributed by atoms with Crippen LogP contribution >= 0.6 is 0 Å². The third-order valence-electron chi connectivity index (χ3n) is 8.42. The minimum atomic E-state index is -0.919. The van der Waals surface area contributed by atoms with Crippen LogP contribution in [-0.2, 0) is 19.8 Å². The Morgan fingerprint density at radius 1 is 0.938 bits per heavy atom. The monoisotopic (exact) mass is 667 g/mol. The molecule has 2 aromatic heterocycles. The molecule has 0 radical (unpaired) electrons. The fourth-order valence-electron chi connectivity index (χ4n) is 5.57. The van der Waals surface area contributed by atoms with Gasteiger partial charge in [-0.1, -0.05) is 61.0 Å². The smallest absolute Gasteiger partial charge is 0.286 e. The summed E-state index contributed by atoms with van der Waals surface area (Å²) in [5.41, 5.74) is -0.586. The third kappa shape index (κ3) is 10.4. The van der Waals surface area contributed by atoms with E-state index in [1.54, 1.807) is 24.4 Å². The van der Waals surface area contributed by atoms with Gasteiger partial charge in [0.25, 0.3) is 11.8 Å². The standard InChI is InChI=1S/C35H53N7O6/c1-21(2)26(28(44)31-40-41-33(48-31)34(5,6)7)38-30(46)24-16-14-20-42(24)32(47)27(22(3)4)37-25(43)17-10-12-18-35(8,9)39-29(45)23-15-11-13-19-36-23/h11,13,15,19,21-22,24,26-27H,10,12,14,16-18,20H2,1-9H3,(H,37,43)(H,38,46)(H,39,45)/t24-,26+,27+/m1/s1. The summed E-state index contributed by atoms with van der Waals surface area (Å²) in [6.45, 7) is 17.2. The summed E-state index contributed by atoms with van der Waals surface area (Å²) >= 11 is 0. The number of carbonyl (C=O) groups is 5. The van der Waals surface area contributed by atoms with Gasteiger partial charge in [0.05, 0.1) is 6.04 Å². The Bertz CT molecular complexity index is 1430. The summed E-state index contributed by atoms with van der Waals surface area (Å²) in [6.07, 6.45) is 4.76. The van der Waals surface area contributed by atoms with Crippen molar-refractivity contribution in [1.29, 1.82) is 0 Å². The lowest BCUT2D eigenvalue weighted by Gasteiger charge is -2.31. The first-order chi connectivity index (χ1) is 22.4. The number of pyridine rings is 1. The molecule has 1 saturated heterocycles. The van der Waals surface area contributed by atoms with Crippen LogP contribution in [0.2, 0.25) is 0 Å². The number of hydrogen-bond acceptors (Lipinski definition) is 9. The van der Waals surface area contributed by atoms with Gasteiger partial charge in [-0.15, -0.1) is 10.2 Å². The number of likely N-dealkylation sites (tertiary alicyclic amines) is 1. The third-order valence-corrected chi connectivity index (χ3v) is 8.42. The van der Waals surface area contributed by atoms with Crippen LogP contribution in [0, 0.1) is 11.8 Å². The van der Waals surface area contributed by atoms with E-state index in [0.29, 0.717) is 50.2 Å². The Balaban J connectivity index is 1.56. The van der Waals surface area contributed by atoms with E-state index in [9.17, 15) is 24.0 Å². The summed E-state index contributed by atoms with van der Waals surface area (Å²) in [5, 5.41) is 16.7. The first-order valence-electron chi connectivity index (χ1n) is 16.9. The minimum absolute atomic E-state index is 0.168. The van der Waals surface area contributed by atoms with Gasteiger partial charge in [0, 0.05) is 30.1 Å². The van der Waals surface area contributed by atoms with Gasteiger partial charge in [-0.05, 0) is 63.5 Å². The van der Waals surface area contributed by atoms with Gasteiger partial charge in [0.2, 0.25) is 29.4 Å². The first kappa shape index (κ1) is 38.3. The zero-order valence-corrected chi connectivity index (χ0v) is 29.9. The number of amides is 4. The molecule has 0 bridgehead atoms. The SMILES string of the molecule is CC(C)[C@H](NC(=O)[C@H]1CCCN1C(=O)[C@@H](NC(=O)CCCCC(C)(C)NC(=O)c1ccccn1)C(C)C)C(=O)c1nnc(C(C)(C)C)o1. The zero-order valence-electron chi connectivity index (χ0n) is 29.9. The van der Waals surface area contributed by atoms with Crippen molar-refractivity contribution in [3.8, 4) is 0 Å². The molecule has 2 aromatic rings. The van der Waals surface area contributed by atoms with E-state index in [4.69, 9.17) is 4.42 Å². The van der Waals surface area contributed by atoms with Gasteiger partial charge < -0.3 is 25.3 Å². The summed E-state index contributed by atoms with van der Waals surface area (Å²) < 4.78 is 5.64. The lowest BCUT2D eigenvalue weighted by molar-refractivity contribution is -0.142. The first-order valence-corrected chi connectivity index (χ1v) is 16.9. The molecule has 1 fully saturated rings. The van der Waals surface area contributed by atoms with Crippen LogP contribution in [0.25, 0.3) is 0 Å². The van der Waals surface area contributed by atoms with Crippen LogP contribution in [0.5, 0.6) is 0 Å². The van der Waals surface area contributed by atoms with E-state index in [0.717, 1.165) is 0 Å². The van der Waals surface area contributed by atoms with Crippen molar-refractivity contribution in [1.82, 2.24) is 36.0 Å². The van der Waals surface area contributed by atoms with Crippen LogP contribution in [0.1, 0.15) is 128 Å². The summed E-state index contributed by atoms with van der Waals surface area (Å²) in [5.74, 6) is -2.09. The van der Waals surface area contributed by atoms with Crippen molar-refractivity contribution < 1.29 is 28.4 Å². The van der Waals surface area contributed by atoms with Crippen molar-refractivity contribution in [2.45, 2.75) is 130 Å². The fraction of sp³-hybridized carbons (Fsp3) is 0.657. The Kier molecular flexibility index (Phi) is 13.0. The van der Waals surface area contributed by atoms with Gasteiger partial charge in [-0.3, -0.25) is 29.0 Å². The summed E-state index contributed by atoms with van der Waals surface area (Å²) in [7, 11) is 0. The number of Topliss-reactive ketones (excluding diaryl/α,β-unsaturated/α-hetero) is 1. The maximum Gasteiger partial charge on any atom is 0.286 e. The van der Waals surface area contributed by atoms with E-state index in [1.807, 2.05) is 62.3 Å². The van der Waals surface area contributed by atoms with Crippen molar-refractivity contribution in [3.05, 3.63) is 41.9 Å². The normalized spacial score (nSPS) is 16.5. The molecule has 0 aromatic carbocycles. The maximum absolute atomic E-state index is 13.8. The molecule has 4 amide bonds. The van der Waals surface area contributed by atoms with Crippen LogP contribution < -0.4 is 16.0 Å². The Morgan fingerprint density at radius 2 is 1.62 bits per heavy atom. The molecule has 13 nitrogen and oxygen atoms in total. The average Bonchev–Trinajstić information content (AvgIpc) is 3.71. The quantitative estimate of drug-likeness (QED) is 0.187. The highest BCUT2D eigenvalue weighted by Crippen LogP contribution is 2.24. The highest BCUT2D eigenvalue weighted by Gasteiger charge is 2.41. The molecule has 13 heteroatoms. The van der Waals surface area contributed by atoms with Crippen LogP contribution in [-0.4, -0.2) is 79.7 Å². The number of carbonyl (C=O) groups excluding carboxylic acids is 5. The van der Waals surface area contributed by atoms with E-state index >= 15 is 0 Å². The molecule has 3 heterocycles. The predicted octanol–water partition coefficient (Wildman–Crippen LogP) is 3.99. The predicted molar refractivity (Wildman–Crippen MR) is 180 cm³/mol. The van der Waals surface area contributed by atoms with Crippen LogP contribution in [0.3, 0.4) is 0 Å². The number of unbranched alkanes of at least 4 members (excludes halogenated alkanes) is 1. The van der Waals surface area contributed by atoms with Gasteiger partial charge in [0.15, 0.2) is 0 Å². The van der Waals surface area contributed by atoms with Gasteiger partial charge in [-0.25, -0.2) is 0 Å². The van der Waals surface area contributed by atoms with E-state index in [1.165, 1.54) is 4.90 Å². The van der Waals surface area contributed by atoms with Crippen molar-refractivity contribution >= 4 is 29.4 Å². The van der Waals surface area contributed by atoms with Crippen molar-refractivity contribution in [3.63, 3.8) is 0 Å². The number of rotatable bonds is 15. The Morgan fingerprint density at radius 3 is 2.21 bits per heavy atom. The highest BCUT2D eigenvalue weighted by atomic mass is 16.4. The molecule has 0 saturated carbocycles. The second-order valence-electron chi connectivity index (χ2n) is 15.0. The van der Waals surface area contributed by atoms with E-state index in [2.05, 4.69) is 31.1 Å². The molecule has 0 spiro atoms. The second-order valence-corrected chi connectivity index (χ2v) is 15.0. The van der Waals surface area contributed by atoms with Gasteiger partial charge in [-0.2, -0.15) is 0 Å². The zero-order chi connectivity index (χ0) is 35.8. The molecule has 1 aliphatic rings. The number of nitrogens with one attached hydrogen (secondary N) is 3. The molecule has 3 atom stereocenters. The van der Waals surface area contributed by atoms with Gasteiger partial charge in [0.1, 0.15) is 17.8 Å². The molecule has 3 N–H and O–H groups in total. The van der Waals surface area contributed by atoms with Crippen molar-refractivity contribution in [2.24, 2.45) is 11.8 Å². The average molecular weight is 668 g/mol. The summed E-state index contributed by atoms with van der Waals surface area (Å²) in [6, 6.07) is 2.66. The molecule has 264 valence electrons. The Hall–Kier alpha value is -4.16. The highest BCUT2D eigenvalue weighted by molar-refractivity contribution is 6.00. The maximum atomic E-state index is 13.8. The number of nitrogens with zero attached hydrogens (tertiary/aromatic N) is 4. The number of ketones is 1. The van der Waals surface area contributed by atoms with E-state index < -0.39 is 40.8 Å². The molecule has 48 heavy (non-hydrogen) atoms. The van der Waals surface area contributed by atoms with Crippen LogP contribution in [0.4, 0.5) is 0 Å². The molecular weight excluding hydrogens is 614 g/mol. The molecule has 3 rings (SSSR count). The largest absolute Gasteiger partial charge is 0.418 e. The summed E-state index contributed by atoms with van der Waals surface area (Å²) in [4.78, 5) is 71.7. The van der Waals surface area contributed by atoms with Crippen LogP contribution in [0.15, 0.2) is 28.8 Å². The number of hydrogen-bond donors (Lipinski definition) is 3. The molecular formula is C35H53N7O6. The minimum Gasteiger partial charge on any atom is -0.418 e. The fourth-order valence-corrected chi connectivity index (χ4v) is 5.57. The van der Waals surface area contributed by atoms with Crippen molar-refractivity contribution in [2.75, 3.05) is 6.54 Å². The van der Waals surface area contributed by atoms with Gasteiger partial charge >= 0.3 is 0 Å². The second kappa shape index (κ2) is 16.3. The topological polar surface area (TPSA) is 176 Å².